The Kier molecular flexibility index (Phi) is 3.67. The summed E-state index contributed by atoms with van der Waals surface area (Å²) in [6, 6.07) is 0. The van der Waals surface area contributed by atoms with Gasteiger partial charge in [-0.1, -0.05) is 0 Å². The Morgan fingerprint density at radius 1 is 1.00 bits per heavy atom. The summed E-state index contributed by atoms with van der Waals surface area (Å²) in [7, 11) is 0. The lowest BCUT2D eigenvalue weighted by Gasteiger charge is -2.34. The normalized spacial score (nSPS) is 19.3. The SMILES string of the molecule is Cl.FC(F)(F)C1(C(F)(F)F)N=CC=CN1. The van der Waals surface area contributed by atoms with Crippen molar-refractivity contribution in [3.63, 3.8) is 0 Å². The van der Waals surface area contributed by atoms with E-state index in [0.29, 0.717) is 12.4 Å². The second-order valence-corrected chi connectivity index (χ2v) is 2.49. The molecule has 15 heavy (non-hydrogen) atoms. The first kappa shape index (κ1) is 14.1. The van der Waals surface area contributed by atoms with Crippen LogP contribution in [0.1, 0.15) is 0 Å². The number of hydrogen-bond donors (Lipinski definition) is 1. The second-order valence-electron chi connectivity index (χ2n) is 2.49. The third-order valence-corrected chi connectivity index (χ3v) is 1.56. The minimum absolute atomic E-state index is 0. The Morgan fingerprint density at radius 2 is 1.47 bits per heavy atom. The summed E-state index contributed by atoms with van der Waals surface area (Å²) in [6.45, 7) is 0. The van der Waals surface area contributed by atoms with Gasteiger partial charge in [0, 0.05) is 12.4 Å². The fraction of sp³-hybridized carbons (Fsp3) is 0.500. The predicted molar refractivity (Wildman–Crippen MR) is 42.9 cm³/mol. The molecule has 0 unspecified atom stereocenters. The van der Waals surface area contributed by atoms with E-state index in [9.17, 15) is 26.3 Å². The van der Waals surface area contributed by atoms with Crippen LogP contribution in [0.2, 0.25) is 0 Å². The van der Waals surface area contributed by atoms with Gasteiger partial charge < -0.3 is 5.32 Å². The van der Waals surface area contributed by atoms with Gasteiger partial charge >= 0.3 is 18.0 Å². The maximum atomic E-state index is 12.2. The van der Waals surface area contributed by atoms with Gasteiger partial charge in [-0.2, -0.15) is 26.3 Å². The molecule has 0 saturated carbocycles. The Morgan fingerprint density at radius 3 is 1.67 bits per heavy atom. The number of allylic oxidation sites excluding steroid dienone is 1. The van der Waals surface area contributed by atoms with Gasteiger partial charge in [0.1, 0.15) is 0 Å². The van der Waals surface area contributed by atoms with E-state index in [1.54, 1.807) is 0 Å². The highest BCUT2D eigenvalue weighted by molar-refractivity contribution is 5.85. The Labute approximate surface area is 86.5 Å². The molecule has 0 aromatic carbocycles. The van der Waals surface area contributed by atoms with E-state index in [2.05, 4.69) is 4.99 Å². The zero-order chi connectivity index (χ0) is 11.0. The van der Waals surface area contributed by atoms with E-state index in [4.69, 9.17) is 0 Å². The van der Waals surface area contributed by atoms with Crippen molar-refractivity contribution in [3.8, 4) is 0 Å². The lowest BCUT2D eigenvalue weighted by molar-refractivity contribution is -0.301. The van der Waals surface area contributed by atoms with Gasteiger partial charge in [-0.15, -0.1) is 12.4 Å². The summed E-state index contributed by atoms with van der Waals surface area (Å²) >= 11 is 0. The van der Waals surface area contributed by atoms with Crippen molar-refractivity contribution >= 4 is 18.6 Å². The maximum Gasteiger partial charge on any atom is 0.441 e. The summed E-state index contributed by atoms with van der Waals surface area (Å²) in [5.41, 5.74) is -4.21. The molecule has 0 amide bonds. The Bertz CT molecular complexity index is 264. The molecular formula is C6H5ClF6N2. The summed E-state index contributed by atoms with van der Waals surface area (Å²) in [5, 5.41) is 1.18. The molecule has 0 atom stereocenters. The molecule has 1 rings (SSSR count). The number of aliphatic imine (C=N–C) groups is 1. The Hall–Kier alpha value is -0.920. The molecule has 88 valence electrons. The molecule has 0 aromatic heterocycles. The average Bonchev–Trinajstić information content (AvgIpc) is 2.02. The van der Waals surface area contributed by atoms with Crippen LogP contribution in [-0.4, -0.2) is 24.2 Å². The lowest BCUT2D eigenvalue weighted by atomic mass is 10.1. The van der Waals surface area contributed by atoms with Crippen molar-refractivity contribution < 1.29 is 26.3 Å². The highest BCUT2D eigenvalue weighted by Crippen LogP contribution is 2.44. The number of halogens is 7. The van der Waals surface area contributed by atoms with Gasteiger partial charge in [-0.25, -0.2) is 4.99 Å². The van der Waals surface area contributed by atoms with Crippen LogP contribution >= 0.6 is 12.4 Å². The van der Waals surface area contributed by atoms with Gasteiger partial charge in [0.2, 0.25) is 0 Å². The third-order valence-electron chi connectivity index (χ3n) is 1.56. The molecule has 9 heteroatoms. The van der Waals surface area contributed by atoms with Crippen molar-refractivity contribution in [1.29, 1.82) is 0 Å². The monoisotopic (exact) mass is 254 g/mol. The quantitative estimate of drug-likeness (QED) is 0.660. The van der Waals surface area contributed by atoms with E-state index in [-0.39, 0.29) is 12.4 Å². The third kappa shape index (κ3) is 2.19. The predicted octanol–water partition coefficient (Wildman–Crippen LogP) is 2.42. The first-order valence-corrected chi connectivity index (χ1v) is 3.32. The van der Waals surface area contributed by atoms with Crippen molar-refractivity contribution in [2.45, 2.75) is 18.0 Å². The molecule has 0 radical (unpaired) electrons. The van der Waals surface area contributed by atoms with E-state index in [1.165, 1.54) is 5.32 Å². The average molecular weight is 255 g/mol. The van der Waals surface area contributed by atoms with Crippen molar-refractivity contribution in [1.82, 2.24) is 5.32 Å². The summed E-state index contributed by atoms with van der Waals surface area (Å²) < 4.78 is 73.0. The summed E-state index contributed by atoms with van der Waals surface area (Å²) in [4.78, 5) is 2.43. The highest BCUT2D eigenvalue weighted by atomic mass is 35.5. The van der Waals surface area contributed by atoms with E-state index < -0.39 is 18.0 Å². The number of nitrogens with zero attached hydrogens (tertiary/aromatic N) is 1. The number of hydrogen-bond acceptors (Lipinski definition) is 2. The first-order valence-electron chi connectivity index (χ1n) is 3.32. The number of rotatable bonds is 0. The molecular weight excluding hydrogens is 250 g/mol. The van der Waals surface area contributed by atoms with Crippen LogP contribution < -0.4 is 5.32 Å². The molecule has 1 aliphatic heterocycles. The van der Waals surface area contributed by atoms with Crippen LogP contribution in [0, 0.1) is 0 Å². The van der Waals surface area contributed by atoms with Gasteiger partial charge in [-0.05, 0) is 6.08 Å². The molecule has 0 spiro atoms. The zero-order valence-electron chi connectivity index (χ0n) is 6.86. The molecule has 0 aromatic rings. The molecule has 2 nitrogen and oxygen atoms in total. The van der Waals surface area contributed by atoms with E-state index >= 15 is 0 Å². The van der Waals surface area contributed by atoms with E-state index in [0.717, 1.165) is 6.08 Å². The summed E-state index contributed by atoms with van der Waals surface area (Å²) in [6.07, 6.45) is -9.12. The second kappa shape index (κ2) is 3.92. The highest BCUT2D eigenvalue weighted by Gasteiger charge is 2.71. The van der Waals surface area contributed by atoms with Crippen molar-refractivity contribution in [2.75, 3.05) is 0 Å². The number of alkyl halides is 6. The standard InChI is InChI=1S/C6H4F6N2.ClH/c7-5(8,9)4(6(10,11)12)13-2-1-3-14-4;/h1-3,13H;1H. The first-order chi connectivity index (χ1) is 6.21. The van der Waals surface area contributed by atoms with Crippen LogP contribution in [0.15, 0.2) is 17.3 Å². The van der Waals surface area contributed by atoms with Crippen LogP contribution in [0.5, 0.6) is 0 Å². The molecule has 1 aliphatic rings. The fourth-order valence-corrected chi connectivity index (χ4v) is 0.875. The Balaban J connectivity index is 0.00000196. The van der Waals surface area contributed by atoms with Gasteiger partial charge in [0.25, 0.3) is 0 Å². The van der Waals surface area contributed by atoms with Gasteiger partial charge in [-0.3, -0.25) is 0 Å². The van der Waals surface area contributed by atoms with Crippen LogP contribution in [0.3, 0.4) is 0 Å². The smallest absolute Gasteiger partial charge is 0.352 e. The maximum absolute atomic E-state index is 12.2. The van der Waals surface area contributed by atoms with E-state index in [1.807, 2.05) is 0 Å². The topological polar surface area (TPSA) is 24.4 Å². The van der Waals surface area contributed by atoms with Crippen LogP contribution in [0.4, 0.5) is 26.3 Å². The lowest BCUT2D eigenvalue weighted by Crippen LogP contribution is -2.64. The van der Waals surface area contributed by atoms with Crippen LogP contribution in [-0.2, 0) is 0 Å². The van der Waals surface area contributed by atoms with Gasteiger partial charge in [0.05, 0.1) is 0 Å². The van der Waals surface area contributed by atoms with Crippen LogP contribution in [0.25, 0.3) is 0 Å². The molecule has 0 saturated heterocycles. The van der Waals surface area contributed by atoms with Crippen molar-refractivity contribution in [2.24, 2.45) is 4.99 Å². The molecule has 1 heterocycles. The largest absolute Gasteiger partial charge is 0.441 e. The molecule has 0 fully saturated rings. The number of nitrogens with one attached hydrogen (secondary N) is 1. The van der Waals surface area contributed by atoms with Gasteiger partial charge in [0.15, 0.2) is 0 Å². The minimum Gasteiger partial charge on any atom is -0.352 e. The fourth-order valence-electron chi connectivity index (χ4n) is 0.875. The molecule has 0 bridgehead atoms. The zero-order valence-corrected chi connectivity index (χ0v) is 7.67. The molecule has 0 aliphatic carbocycles. The minimum atomic E-state index is -5.54. The van der Waals surface area contributed by atoms with Crippen molar-refractivity contribution in [3.05, 3.63) is 12.3 Å². The summed E-state index contributed by atoms with van der Waals surface area (Å²) in [5.74, 6) is 0. The molecule has 1 N–H and O–H groups in total.